The molecular formula is C31H51NO9. The number of likely N-dealkylation sites (N-methyl/N-ethyl adjacent to an activating group) is 1. The summed E-state index contributed by atoms with van der Waals surface area (Å²) in [4.78, 5) is 40.0. The number of ketones is 1. The van der Waals surface area contributed by atoms with Gasteiger partial charge in [0.15, 0.2) is 12.1 Å². The predicted molar refractivity (Wildman–Crippen MR) is 152 cm³/mol. The molecule has 13 atom stereocenters. The van der Waals surface area contributed by atoms with Gasteiger partial charge in [0.25, 0.3) is 0 Å². The quantitative estimate of drug-likeness (QED) is 0.274. The Labute approximate surface area is 244 Å². The number of esters is 1. The van der Waals surface area contributed by atoms with Crippen molar-refractivity contribution in [3.05, 3.63) is 12.2 Å². The molecule has 2 N–H and O–H groups in total. The molecule has 2 saturated heterocycles. The maximum Gasteiger partial charge on any atom is 0.308 e. The molecule has 10 nitrogen and oxygen atoms in total. The molecule has 12 unspecified atom stereocenters. The number of ether oxygens (including phenoxy) is 4. The highest BCUT2D eigenvalue weighted by Crippen LogP contribution is 2.45. The first kappa shape index (κ1) is 33.8. The number of aliphatic hydroxyl groups excluding tert-OH is 2. The minimum Gasteiger partial charge on any atom is -0.462 e. The Bertz CT molecular complexity index is 941. The highest BCUT2D eigenvalue weighted by Gasteiger charge is 2.55. The van der Waals surface area contributed by atoms with Gasteiger partial charge in [0, 0.05) is 30.2 Å². The van der Waals surface area contributed by atoms with Crippen molar-refractivity contribution in [1.82, 2.24) is 4.90 Å². The molecule has 0 aromatic carbocycles. The van der Waals surface area contributed by atoms with Crippen molar-refractivity contribution in [2.45, 2.75) is 128 Å². The molecule has 2 fully saturated rings. The smallest absolute Gasteiger partial charge is 0.308 e. The molecule has 10 heteroatoms. The molecule has 0 spiro atoms. The highest BCUT2D eigenvalue weighted by molar-refractivity contribution is 5.91. The van der Waals surface area contributed by atoms with Crippen LogP contribution in [0.15, 0.2) is 12.2 Å². The lowest BCUT2D eigenvalue weighted by atomic mass is 9.79. The molecule has 0 amide bonds. The number of cyclic esters (lactones) is 1. The van der Waals surface area contributed by atoms with E-state index in [0.29, 0.717) is 19.3 Å². The second kappa shape index (κ2) is 14.2. The zero-order valence-electron chi connectivity index (χ0n) is 25.9. The van der Waals surface area contributed by atoms with Crippen LogP contribution < -0.4 is 0 Å². The molecule has 41 heavy (non-hydrogen) atoms. The van der Waals surface area contributed by atoms with Gasteiger partial charge in [-0.1, -0.05) is 27.7 Å². The van der Waals surface area contributed by atoms with Crippen molar-refractivity contribution in [3.63, 3.8) is 0 Å². The molecule has 3 heterocycles. The average Bonchev–Trinajstić information content (AvgIpc) is 3.60. The summed E-state index contributed by atoms with van der Waals surface area (Å²) in [6.45, 7) is 11.3. The Morgan fingerprint density at radius 2 is 1.80 bits per heavy atom. The zero-order chi connectivity index (χ0) is 30.6. The Balaban J connectivity index is 1.95. The third-order valence-electron chi connectivity index (χ3n) is 9.29. The van der Waals surface area contributed by atoms with Crippen molar-refractivity contribution >= 4 is 18.0 Å². The van der Waals surface area contributed by atoms with Gasteiger partial charge in [0.2, 0.25) is 0 Å². The van der Waals surface area contributed by atoms with Gasteiger partial charge in [-0.15, -0.1) is 0 Å². The van der Waals surface area contributed by atoms with Gasteiger partial charge in [0.05, 0.1) is 30.8 Å². The molecule has 0 saturated carbocycles. The van der Waals surface area contributed by atoms with Crippen LogP contribution in [0.5, 0.6) is 0 Å². The van der Waals surface area contributed by atoms with Crippen molar-refractivity contribution in [2.75, 3.05) is 14.1 Å². The summed E-state index contributed by atoms with van der Waals surface area (Å²) in [5.41, 5.74) is -0.637. The second-order valence-electron chi connectivity index (χ2n) is 12.9. The van der Waals surface area contributed by atoms with Crippen LogP contribution in [0.1, 0.15) is 73.6 Å². The fourth-order valence-corrected chi connectivity index (χ4v) is 6.50. The van der Waals surface area contributed by atoms with E-state index in [-0.39, 0.29) is 42.8 Å². The Kier molecular flexibility index (Phi) is 11.7. The number of fused-ring (bicyclic) bond motifs is 1. The number of epoxide rings is 1. The first-order valence-electron chi connectivity index (χ1n) is 15.1. The average molecular weight is 582 g/mol. The molecule has 0 radical (unpaired) electrons. The molecule has 0 aliphatic carbocycles. The molecule has 234 valence electrons. The van der Waals surface area contributed by atoms with E-state index in [1.807, 2.05) is 53.6 Å². The van der Waals surface area contributed by atoms with E-state index in [4.69, 9.17) is 18.9 Å². The largest absolute Gasteiger partial charge is 0.462 e. The van der Waals surface area contributed by atoms with E-state index in [0.717, 1.165) is 6.29 Å². The summed E-state index contributed by atoms with van der Waals surface area (Å²) < 4.78 is 24.2. The zero-order valence-corrected chi connectivity index (χ0v) is 25.9. The number of carbonyl (C=O) groups is 3. The lowest BCUT2D eigenvalue weighted by Crippen LogP contribution is -2.56. The van der Waals surface area contributed by atoms with Gasteiger partial charge in [0.1, 0.15) is 24.1 Å². The van der Waals surface area contributed by atoms with Gasteiger partial charge < -0.3 is 38.9 Å². The monoisotopic (exact) mass is 581 g/mol. The fourth-order valence-electron chi connectivity index (χ4n) is 6.50. The number of nitrogens with zero attached hydrogens (tertiary/aromatic N) is 1. The summed E-state index contributed by atoms with van der Waals surface area (Å²) >= 11 is 0. The van der Waals surface area contributed by atoms with E-state index in [9.17, 15) is 24.6 Å². The van der Waals surface area contributed by atoms with Crippen molar-refractivity contribution < 1.29 is 43.5 Å². The number of hydrogen-bond acceptors (Lipinski definition) is 10. The van der Waals surface area contributed by atoms with E-state index in [2.05, 4.69) is 0 Å². The minimum atomic E-state index is -1.15. The Morgan fingerprint density at radius 3 is 2.41 bits per heavy atom. The number of rotatable bonds is 6. The number of aldehydes is 1. The van der Waals surface area contributed by atoms with Crippen molar-refractivity contribution in [2.24, 2.45) is 23.7 Å². The highest BCUT2D eigenvalue weighted by atomic mass is 16.7. The van der Waals surface area contributed by atoms with Crippen LogP contribution in [0.3, 0.4) is 0 Å². The number of aliphatic hydroxyl groups is 2. The number of carbonyl (C=O) groups excluding carboxylic acids is 3. The van der Waals surface area contributed by atoms with E-state index >= 15 is 0 Å². The van der Waals surface area contributed by atoms with Crippen molar-refractivity contribution in [3.8, 4) is 0 Å². The molecular weight excluding hydrogens is 530 g/mol. The standard InChI is InChI=1S/C31H51NO9/c1-9-25-20(5)29-31(6,41-29)12-10-23(34)17(2)14-21(11-13-33)28(19(4)24(35)16-26(36)39-25)40-30-27(37)22(32(7)8)15-18(3)38-30/h10,12-13,17-22,24-25,27-30,35,37H,9,11,14-16H2,1-8H3/b12-10+/t17?,18?,19?,20?,21?,22?,24?,25?,27?,28?,29?,30-,31?/m0/s1. The minimum absolute atomic E-state index is 0.0707. The first-order valence-corrected chi connectivity index (χ1v) is 15.1. The normalized spacial score (nSPS) is 45.5. The maximum atomic E-state index is 13.2. The third-order valence-corrected chi connectivity index (χ3v) is 9.29. The van der Waals surface area contributed by atoms with Gasteiger partial charge in [-0.05, 0) is 65.3 Å². The third kappa shape index (κ3) is 8.24. The van der Waals surface area contributed by atoms with Crippen LogP contribution in [-0.2, 0) is 33.3 Å². The number of allylic oxidation sites excluding steroid dienone is 1. The summed E-state index contributed by atoms with van der Waals surface area (Å²) in [5.74, 6) is -2.32. The lowest BCUT2D eigenvalue weighted by molar-refractivity contribution is -0.283. The fraction of sp³-hybridized carbons (Fsp3) is 0.839. The summed E-state index contributed by atoms with van der Waals surface area (Å²) in [6, 6.07) is -0.219. The molecule has 3 aliphatic rings. The summed E-state index contributed by atoms with van der Waals surface area (Å²) in [6.07, 6.45) is 0.627. The van der Waals surface area contributed by atoms with Crippen LogP contribution in [0.25, 0.3) is 0 Å². The van der Waals surface area contributed by atoms with Crippen LogP contribution in [0.2, 0.25) is 0 Å². The topological polar surface area (TPSA) is 135 Å². The lowest BCUT2D eigenvalue weighted by Gasteiger charge is -2.44. The predicted octanol–water partition coefficient (Wildman–Crippen LogP) is 2.67. The summed E-state index contributed by atoms with van der Waals surface area (Å²) in [7, 11) is 3.76. The van der Waals surface area contributed by atoms with Crippen LogP contribution in [0, 0.1) is 23.7 Å². The van der Waals surface area contributed by atoms with Crippen LogP contribution in [-0.4, -0.2) is 102 Å². The van der Waals surface area contributed by atoms with Crippen LogP contribution in [0.4, 0.5) is 0 Å². The van der Waals surface area contributed by atoms with E-state index in [1.165, 1.54) is 0 Å². The Morgan fingerprint density at radius 1 is 1.12 bits per heavy atom. The molecule has 0 aromatic rings. The van der Waals surface area contributed by atoms with Crippen molar-refractivity contribution in [1.29, 1.82) is 0 Å². The molecule has 0 aromatic heterocycles. The molecule has 0 bridgehead atoms. The van der Waals surface area contributed by atoms with Gasteiger partial charge >= 0.3 is 5.97 Å². The van der Waals surface area contributed by atoms with E-state index in [1.54, 1.807) is 19.1 Å². The van der Waals surface area contributed by atoms with Crippen LogP contribution >= 0.6 is 0 Å². The number of hydrogen-bond donors (Lipinski definition) is 2. The Hall–Kier alpha value is -1.69. The maximum absolute atomic E-state index is 13.2. The molecule has 3 rings (SSSR count). The van der Waals surface area contributed by atoms with Gasteiger partial charge in [-0.2, -0.15) is 0 Å². The molecule has 3 aliphatic heterocycles. The first-order chi connectivity index (χ1) is 19.2. The van der Waals surface area contributed by atoms with Gasteiger partial charge in [-0.25, -0.2) is 0 Å². The SMILES string of the molecule is CCC1OC(=O)CC(O)C(C)C(O[C@@H]2OC(C)CC(N(C)C)C2O)C(CC=O)CC(C)C(=O)/C=C/C2(C)OC2C1C. The second-order valence-corrected chi connectivity index (χ2v) is 12.9. The van der Waals surface area contributed by atoms with Gasteiger partial charge in [-0.3, -0.25) is 9.59 Å². The van der Waals surface area contributed by atoms with E-state index < -0.39 is 60.0 Å². The summed E-state index contributed by atoms with van der Waals surface area (Å²) in [5, 5.41) is 22.4.